The van der Waals surface area contributed by atoms with Crippen LogP contribution in [0.5, 0.6) is 0 Å². The lowest BCUT2D eigenvalue weighted by Crippen LogP contribution is -2.33. The molecular weight excluding hydrogens is 353 g/mol. The minimum Gasteiger partial charge on any atom is -0.350 e. The molecule has 2 N–H and O–H groups in total. The first kappa shape index (κ1) is 18.5. The molecule has 1 heterocycles. The van der Waals surface area contributed by atoms with Crippen molar-refractivity contribution in [2.45, 2.75) is 25.8 Å². The summed E-state index contributed by atoms with van der Waals surface area (Å²) >= 11 is 1.22. The van der Waals surface area contributed by atoms with Crippen LogP contribution in [0, 0.1) is 12.7 Å². The summed E-state index contributed by atoms with van der Waals surface area (Å²) < 4.78 is 13.2. The third-order valence-electron chi connectivity index (χ3n) is 4.37. The molecule has 1 aromatic carbocycles. The van der Waals surface area contributed by atoms with E-state index in [0.29, 0.717) is 22.5 Å². The lowest BCUT2D eigenvalue weighted by Gasteiger charge is -2.15. The fraction of sp³-hybridized carbons (Fsp3) is 0.368. The van der Waals surface area contributed by atoms with Crippen molar-refractivity contribution >= 4 is 28.2 Å². The van der Waals surface area contributed by atoms with Crippen LogP contribution >= 0.6 is 11.3 Å². The van der Waals surface area contributed by atoms with Crippen molar-refractivity contribution in [1.82, 2.24) is 10.2 Å². The van der Waals surface area contributed by atoms with E-state index in [1.165, 1.54) is 42.4 Å². The average molecular weight is 375 g/mol. The second kappa shape index (κ2) is 7.97. The number of thiophene rings is 1. The Kier molecular flexibility index (Phi) is 5.68. The summed E-state index contributed by atoms with van der Waals surface area (Å²) in [6.07, 6.45) is 2.48. The number of hydrogen-bond acceptors (Lipinski definition) is 4. The SMILES string of the molecule is Cc1cc(NC(=O)c2cccc(F)c2)sc1C(=O)NCCN(C)C1CC1. The third kappa shape index (κ3) is 4.68. The summed E-state index contributed by atoms with van der Waals surface area (Å²) in [4.78, 5) is 27.4. The number of nitrogens with one attached hydrogen (secondary N) is 2. The van der Waals surface area contributed by atoms with Crippen molar-refractivity contribution in [1.29, 1.82) is 0 Å². The van der Waals surface area contributed by atoms with E-state index in [0.717, 1.165) is 12.1 Å². The number of carbonyl (C=O) groups is 2. The van der Waals surface area contributed by atoms with Crippen molar-refractivity contribution in [3.05, 3.63) is 52.2 Å². The molecule has 0 unspecified atom stereocenters. The smallest absolute Gasteiger partial charge is 0.261 e. The molecule has 0 bridgehead atoms. The third-order valence-corrected chi connectivity index (χ3v) is 5.52. The summed E-state index contributed by atoms with van der Waals surface area (Å²) in [6, 6.07) is 7.92. The fourth-order valence-electron chi connectivity index (χ4n) is 2.71. The molecule has 7 heteroatoms. The van der Waals surface area contributed by atoms with Crippen molar-refractivity contribution in [3.8, 4) is 0 Å². The maximum atomic E-state index is 13.2. The first-order valence-corrected chi connectivity index (χ1v) is 9.41. The van der Waals surface area contributed by atoms with Crippen LogP contribution < -0.4 is 10.6 Å². The summed E-state index contributed by atoms with van der Waals surface area (Å²) in [7, 11) is 2.07. The Balaban J connectivity index is 1.57. The second-order valence-electron chi connectivity index (χ2n) is 6.55. The minimum absolute atomic E-state index is 0.136. The Bertz CT molecular complexity index is 817. The van der Waals surface area contributed by atoms with Gasteiger partial charge in [0.25, 0.3) is 11.8 Å². The van der Waals surface area contributed by atoms with Crippen LogP contribution in [0.4, 0.5) is 9.39 Å². The lowest BCUT2D eigenvalue weighted by molar-refractivity contribution is 0.0952. The summed E-state index contributed by atoms with van der Waals surface area (Å²) in [5, 5.41) is 6.22. The maximum absolute atomic E-state index is 13.2. The predicted molar refractivity (Wildman–Crippen MR) is 101 cm³/mol. The zero-order valence-electron chi connectivity index (χ0n) is 14.8. The number of rotatable bonds is 7. The highest BCUT2D eigenvalue weighted by molar-refractivity contribution is 7.18. The predicted octanol–water partition coefficient (Wildman–Crippen LogP) is 3.27. The van der Waals surface area contributed by atoms with Gasteiger partial charge in [0.1, 0.15) is 5.82 Å². The van der Waals surface area contributed by atoms with Gasteiger partial charge >= 0.3 is 0 Å². The molecule has 1 aliphatic carbocycles. The van der Waals surface area contributed by atoms with Gasteiger partial charge in [-0.1, -0.05) is 6.07 Å². The average Bonchev–Trinajstić information content (AvgIpc) is 3.38. The molecular formula is C19H22FN3O2S. The largest absolute Gasteiger partial charge is 0.350 e. The molecule has 1 fully saturated rings. The zero-order chi connectivity index (χ0) is 18.7. The first-order valence-electron chi connectivity index (χ1n) is 8.60. The lowest BCUT2D eigenvalue weighted by atomic mass is 10.2. The molecule has 1 aliphatic rings. The van der Waals surface area contributed by atoms with Crippen LogP contribution in [0.3, 0.4) is 0 Å². The Morgan fingerprint density at radius 3 is 2.73 bits per heavy atom. The maximum Gasteiger partial charge on any atom is 0.261 e. The van der Waals surface area contributed by atoms with E-state index in [1.54, 1.807) is 12.1 Å². The van der Waals surface area contributed by atoms with Gasteiger partial charge in [-0.3, -0.25) is 9.59 Å². The summed E-state index contributed by atoms with van der Waals surface area (Å²) in [6.45, 7) is 3.25. The number of aryl methyl sites for hydroxylation is 1. The second-order valence-corrected chi connectivity index (χ2v) is 7.61. The molecule has 0 aliphatic heterocycles. The number of benzene rings is 1. The van der Waals surface area contributed by atoms with Gasteiger partial charge in [-0.05, 0) is 56.6 Å². The highest BCUT2D eigenvalue weighted by Gasteiger charge is 2.25. The van der Waals surface area contributed by atoms with E-state index in [4.69, 9.17) is 0 Å². The van der Waals surface area contributed by atoms with Gasteiger partial charge in [0.05, 0.1) is 9.88 Å². The molecule has 0 radical (unpaired) electrons. The van der Waals surface area contributed by atoms with E-state index in [9.17, 15) is 14.0 Å². The van der Waals surface area contributed by atoms with Crippen molar-refractivity contribution in [2.75, 3.05) is 25.5 Å². The number of nitrogens with zero attached hydrogens (tertiary/aromatic N) is 1. The van der Waals surface area contributed by atoms with Gasteiger partial charge in [0.15, 0.2) is 0 Å². The molecule has 3 rings (SSSR count). The van der Waals surface area contributed by atoms with Gasteiger partial charge < -0.3 is 15.5 Å². The zero-order valence-corrected chi connectivity index (χ0v) is 15.7. The molecule has 1 saturated carbocycles. The van der Waals surface area contributed by atoms with E-state index in [-0.39, 0.29) is 11.5 Å². The number of anilines is 1. The Labute approximate surface area is 156 Å². The number of hydrogen-bond donors (Lipinski definition) is 2. The fourth-order valence-corrected chi connectivity index (χ4v) is 3.69. The summed E-state index contributed by atoms with van der Waals surface area (Å²) in [5.41, 5.74) is 1.04. The van der Waals surface area contributed by atoms with E-state index >= 15 is 0 Å². The molecule has 2 amide bonds. The van der Waals surface area contributed by atoms with E-state index < -0.39 is 11.7 Å². The number of halogens is 1. The van der Waals surface area contributed by atoms with Crippen LogP contribution in [0.25, 0.3) is 0 Å². The van der Waals surface area contributed by atoms with Crippen LogP contribution in [0.2, 0.25) is 0 Å². The highest BCUT2D eigenvalue weighted by atomic mass is 32.1. The van der Waals surface area contributed by atoms with E-state index in [2.05, 4.69) is 22.6 Å². The van der Waals surface area contributed by atoms with Crippen LogP contribution in [0.15, 0.2) is 30.3 Å². The molecule has 0 spiro atoms. The summed E-state index contributed by atoms with van der Waals surface area (Å²) in [5.74, 6) is -0.997. The number of carbonyl (C=O) groups excluding carboxylic acids is 2. The van der Waals surface area contributed by atoms with Crippen molar-refractivity contribution in [3.63, 3.8) is 0 Å². The Morgan fingerprint density at radius 2 is 2.04 bits per heavy atom. The topological polar surface area (TPSA) is 61.4 Å². The molecule has 0 saturated heterocycles. The molecule has 138 valence electrons. The van der Waals surface area contributed by atoms with Crippen LogP contribution in [-0.2, 0) is 0 Å². The molecule has 2 aromatic rings. The molecule has 5 nitrogen and oxygen atoms in total. The first-order chi connectivity index (χ1) is 12.4. The van der Waals surface area contributed by atoms with E-state index in [1.807, 2.05) is 6.92 Å². The highest BCUT2D eigenvalue weighted by Crippen LogP contribution is 2.27. The normalized spacial score (nSPS) is 13.7. The number of likely N-dealkylation sites (N-methyl/N-ethyl adjacent to an activating group) is 1. The van der Waals surface area contributed by atoms with Gasteiger partial charge in [-0.2, -0.15) is 0 Å². The van der Waals surface area contributed by atoms with Gasteiger partial charge in [0.2, 0.25) is 0 Å². The quantitative estimate of drug-likeness (QED) is 0.781. The van der Waals surface area contributed by atoms with Crippen LogP contribution in [-0.4, -0.2) is 42.9 Å². The minimum atomic E-state index is -0.462. The Hall–Kier alpha value is -2.25. The van der Waals surface area contributed by atoms with Crippen molar-refractivity contribution in [2.24, 2.45) is 0 Å². The van der Waals surface area contributed by atoms with Gasteiger partial charge in [-0.15, -0.1) is 11.3 Å². The standard InChI is InChI=1S/C19H22FN3O2S/c1-12-10-16(22-18(24)13-4-3-5-14(20)11-13)26-17(12)19(25)21-8-9-23(2)15-6-7-15/h3-5,10-11,15H,6-9H2,1-2H3,(H,21,25)(H,22,24). The molecule has 26 heavy (non-hydrogen) atoms. The monoisotopic (exact) mass is 375 g/mol. The molecule has 1 aromatic heterocycles. The van der Waals surface area contributed by atoms with Gasteiger partial charge in [0, 0.05) is 24.7 Å². The molecule has 0 atom stereocenters. The van der Waals surface area contributed by atoms with Crippen molar-refractivity contribution < 1.29 is 14.0 Å². The number of amides is 2. The van der Waals surface area contributed by atoms with Crippen LogP contribution in [0.1, 0.15) is 38.4 Å². The Morgan fingerprint density at radius 1 is 1.27 bits per heavy atom. The van der Waals surface area contributed by atoms with Gasteiger partial charge in [-0.25, -0.2) is 4.39 Å².